The van der Waals surface area contributed by atoms with Crippen molar-refractivity contribution in [2.45, 2.75) is 50.7 Å². The van der Waals surface area contributed by atoms with E-state index >= 15 is 0 Å². The summed E-state index contributed by atoms with van der Waals surface area (Å²) in [5, 5.41) is 0. The fourth-order valence-corrected chi connectivity index (χ4v) is 2.66. The normalized spacial score (nSPS) is 26.0. The van der Waals surface area contributed by atoms with Crippen LogP contribution in [0.5, 0.6) is 11.5 Å². The monoisotopic (exact) mass is 276 g/mol. The molecule has 1 saturated carbocycles. The van der Waals surface area contributed by atoms with E-state index in [9.17, 15) is 4.79 Å². The maximum Gasteiger partial charge on any atom is 0.306 e. The molecule has 0 unspecified atom stereocenters. The zero-order valence-corrected chi connectivity index (χ0v) is 12.0. The summed E-state index contributed by atoms with van der Waals surface area (Å²) in [5.41, 5.74) is 0.430. The summed E-state index contributed by atoms with van der Waals surface area (Å²) in [6.07, 6.45) is 4.89. The second-order valence-corrected chi connectivity index (χ2v) is 5.74. The van der Waals surface area contributed by atoms with Gasteiger partial charge in [0.05, 0.1) is 13.2 Å². The summed E-state index contributed by atoms with van der Waals surface area (Å²) in [7, 11) is 1.64. The molecule has 1 saturated heterocycles. The number of hydrogen-bond acceptors (Lipinski definition) is 4. The molecule has 1 atom stereocenters. The Morgan fingerprint density at radius 2 is 2.10 bits per heavy atom. The molecule has 2 fully saturated rings. The van der Waals surface area contributed by atoms with Gasteiger partial charge in [0, 0.05) is 12.8 Å². The number of cyclic esters (lactones) is 1. The zero-order valence-electron chi connectivity index (χ0n) is 12.0. The van der Waals surface area contributed by atoms with Crippen molar-refractivity contribution in [3.8, 4) is 11.5 Å². The average Bonchev–Trinajstić information content (AvgIpc) is 2.75. The number of carbonyl (C=O) groups is 1. The van der Waals surface area contributed by atoms with E-state index in [1.807, 2.05) is 25.1 Å². The minimum Gasteiger partial charge on any atom is -0.493 e. The van der Waals surface area contributed by atoms with E-state index in [0.717, 1.165) is 29.9 Å². The topological polar surface area (TPSA) is 44.8 Å². The smallest absolute Gasteiger partial charge is 0.306 e. The first-order chi connectivity index (χ1) is 9.60. The number of esters is 1. The minimum atomic E-state index is -0.541. The molecule has 1 aliphatic carbocycles. The Bertz CT molecular complexity index is 521. The third kappa shape index (κ3) is 2.35. The lowest BCUT2D eigenvalue weighted by Crippen LogP contribution is -2.25. The van der Waals surface area contributed by atoms with Crippen LogP contribution in [0.2, 0.25) is 0 Å². The van der Waals surface area contributed by atoms with Gasteiger partial charge >= 0.3 is 5.97 Å². The van der Waals surface area contributed by atoms with Crippen molar-refractivity contribution in [2.24, 2.45) is 0 Å². The van der Waals surface area contributed by atoms with Gasteiger partial charge in [-0.25, -0.2) is 0 Å². The third-order valence-corrected chi connectivity index (χ3v) is 4.27. The molecular weight excluding hydrogens is 256 g/mol. The van der Waals surface area contributed by atoms with Gasteiger partial charge in [0.25, 0.3) is 0 Å². The molecule has 1 aliphatic heterocycles. The quantitative estimate of drug-likeness (QED) is 0.792. The van der Waals surface area contributed by atoms with Crippen molar-refractivity contribution in [1.82, 2.24) is 0 Å². The van der Waals surface area contributed by atoms with Gasteiger partial charge in [-0.1, -0.05) is 6.07 Å². The van der Waals surface area contributed by atoms with Crippen molar-refractivity contribution < 1.29 is 19.0 Å². The van der Waals surface area contributed by atoms with Crippen molar-refractivity contribution in [1.29, 1.82) is 0 Å². The predicted octanol–water partition coefficient (Wildman–Crippen LogP) is 3.18. The lowest BCUT2D eigenvalue weighted by atomic mass is 9.92. The number of hydrogen-bond donors (Lipinski definition) is 0. The predicted molar refractivity (Wildman–Crippen MR) is 73.9 cm³/mol. The standard InChI is InChI=1S/C16H20O4/c1-16(9-8-15(17)20-16)11-6-7-13(18-2)14(10-11)19-12-4-3-5-12/h6-7,10,12H,3-5,8-9H2,1-2H3/t16-/m0/s1. The van der Waals surface area contributed by atoms with Gasteiger partial charge in [0.15, 0.2) is 11.5 Å². The Labute approximate surface area is 119 Å². The molecule has 1 aromatic carbocycles. The van der Waals surface area contributed by atoms with Gasteiger partial charge in [0.2, 0.25) is 0 Å². The van der Waals surface area contributed by atoms with E-state index in [1.165, 1.54) is 6.42 Å². The number of benzene rings is 1. The average molecular weight is 276 g/mol. The Kier molecular flexibility index (Phi) is 3.32. The van der Waals surface area contributed by atoms with E-state index in [2.05, 4.69) is 0 Å². The summed E-state index contributed by atoms with van der Waals surface area (Å²) in [6.45, 7) is 1.95. The van der Waals surface area contributed by atoms with Gasteiger partial charge in [-0.05, 0) is 43.9 Å². The molecule has 0 spiro atoms. The highest BCUT2D eigenvalue weighted by atomic mass is 16.6. The number of ether oxygens (including phenoxy) is 3. The fraction of sp³-hybridized carbons (Fsp3) is 0.562. The van der Waals surface area contributed by atoms with Crippen LogP contribution in [0.3, 0.4) is 0 Å². The highest BCUT2D eigenvalue weighted by molar-refractivity contribution is 5.72. The molecule has 1 heterocycles. The van der Waals surface area contributed by atoms with Gasteiger partial charge in [-0.2, -0.15) is 0 Å². The van der Waals surface area contributed by atoms with E-state index in [-0.39, 0.29) is 12.1 Å². The molecule has 1 aromatic rings. The Balaban J connectivity index is 1.88. The minimum absolute atomic E-state index is 0.134. The number of methoxy groups -OCH3 is 1. The zero-order chi connectivity index (χ0) is 14.2. The van der Waals surface area contributed by atoms with Crippen LogP contribution in [-0.2, 0) is 15.1 Å². The summed E-state index contributed by atoms with van der Waals surface area (Å²) < 4.78 is 16.8. The number of carbonyl (C=O) groups excluding carboxylic acids is 1. The lowest BCUT2D eigenvalue weighted by Gasteiger charge is -2.29. The van der Waals surface area contributed by atoms with E-state index in [1.54, 1.807) is 7.11 Å². The van der Waals surface area contributed by atoms with Crippen LogP contribution in [0.4, 0.5) is 0 Å². The van der Waals surface area contributed by atoms with Gasteiger partial charge in [-0.15, -0.1) is 0 Å². The summed E-state index contributed by atoms with van der Waals surface area (Å²) >= 11 is 0. The largest absolute Gasteiger partial charge is 0.493 e. The molecule has 0 bridgehead atoms. The second kappa shape index (κ2) is 5.00. The Morgan fingerprint density at radius 3 is 2.65 bits per heavy atom. The molecule has 20 heavy (non-hydrogen) atoms. The van der Waals surface area contributed by atoms with Crippen molar-refractivity contribution in [3.05, 3.63) is 23.8 Å². The van der Waals surface area contributed by atoms with Crippen LogP contribution in [0.15, 0.2) is 18.2 Å². The molecule has 0 N–H and O–H groups in total. The summed E-state index contributed by atoms with van der Waals surface area (Å²) in [6, 6.07) is 5.79. The van der Waals surface area contributed by atoms with Crippen molar-refractivity contribution in [2.75, 3.05) is 7.11 Å². The van der Waals surface area contributed by atoms with Gasteiger partial charge in [-0.3, -0.25) is 4.79 Å². The third-order valence-electron chi connectivity index (χ3n) is 4.27. The molecule has 108 valence electrons. The molecule has 0 aromatic heterocycles. The van der Waals surface area contributed by atoms with Crippen LogP contribution in [-0.4, -0.2) is 19.2 Å². The maximum absolute atomic E-state index is 11.4. The molecule has 4 heteroatoms. The molecule has 0 radical (unpaired) electrons. The first-order valence-corrected chi connectivity index (χ1v) is 7.18. The number of rotatable bonds is 4. The van der Waals surface area contributed by atoms with Crippen LogP contribution < -0.4 is 9.47 Å². The molecular formula is C16H20O4. The first-order valence-electron chi connectivity index (χ1n) is 7.18. The highest BCUT2D eigenvalue weighted by Crippen LogP contribution is 2.41. The Hall–Kier alpha value is -1.71. The van der Waals surface area contributed by atoms with Crippen molar-refractivity contribution >= 4 is 5.97 Å². The van der Waals surface area contributed by atoms with E-state index < -0.39 is 5.60 Å². The van der Waals surface area contributed by atoms with Gasteiger partial charge in [0.1, 0.15) is 5.60 Å². The Morgan fingerprint density at radius 1 is 1.30 bits per heavy atom. The SMILES string of the molecule is COc1ccc([C@]2(C)CCC(=O)O2)cc1OC1CCC1. The summed E-state index contributed by atoms with van der Waals surface area (Å²) in [5.74, 6) is 1.34. The van der Waals surface area contributed by atoms with Crippen LogP contribution in [0, 0.1) is 0 Å². The summed E-state index contributed by atoms with van der Waals surface area (Å²) in [4.78, 5) is 11.4. The van der Waals surface area contributed by atoms with Gasteiger partial charge < -0.3 is 14.2 Å². The molecule has 2 aliphatic rings. The second-order valence-electron chi connectivity index (χ2n) is 5.74. The van der Waals surface area contributed by atoms with Crippen LogP contribution in [0.25, 0.3) is 0 Å². The van der Waals surface area contributed by atoms with Crippen molar-refractivity contribution in [3.63, 3.8) is 0 Å². The maximum atomic E-state index is 11.4. The first kappa shape index (κ1) is 13.3. The van der Waals surface area contributed by atoms with Crippen LogP contribution in [0.1, 0.15) is 44.6 Å². The highest BCUT2D eigenvalue weighted by Gasteiger charge is 2.38. The fourth-order valence-electron chi connectivity index (χ4n) is 2.66. The van der Waals surface area contributed by atoms with E-state index in [0.29, 0.717) is 12.8 Å². The van der Waals surface area contributed by atoms with Crippen LogP contribution >= 0.6 is 0 Å². The molecule has 0 amide bonds. The lowest BCUT2D eigenvalue weighted by molar-refractivity contribution is -0.147. The van der Waals surface area contributed by atoms with E-state index in [4.69, 9.17) is 14.2 Å². The molecule has 4 nitrogen and oxygen atoms in total. The molecule has 3 rings (SSSR count).